The van der Waals surface area contributed by atoms with Crippen LogP contribution in [0.3, 0.4) is 0 Å². The Morgan fingerprint density at radius 1 is 1.50 bits per heavy atom. The monoisotopic (exact) mass is 278 g/mol. The van der Waals surface area contributed by atoms with E-state index in [0.29, 0.717) is 6.54 Å². The molecule has 0 N–H and O–H groups in total. The maximum absolute atomic E-state index is 11.9. The van der Waals surface area contributed by atoms with E-state index in [1.807, 2.05) is 29.8 Å². The number of carbonyl (C=O) groups is 1. The Labute approximate surface area is 114 Å². The van der Waals surface area contributed by atoms with E-state index in [0.717, 1.165) is 10.7 Å². The van der Waals surface area contributed by atoms with Crippen molar-refractivity contribution in [1.82, 2.24) is 9.88 Å². The Bertz CT molecular complexity index is 543. The molecule has 18 heavy (non-hydrogen) atoms. The molecule has 0 aromatic carbocycles. The largest absolute Gasteiger partial charge is 0.337 e. The molecule has 0 spiro atoms. The molecule has 0 aliphatic carbocycles. The minimum atomic E-state index is -0.00551. The highest BCUT2D eigenvalue weighted by molar-refractivity contribution is 7.10. The molecule has 2 aromatic heterocycles. The van der Waals surface area contributed by atoms with Gasteiger partial charge in [-0.15, -0.1) is 22.7 Å². The maximum Gasteiger partial charge on any atom is 0.246 e. The predicted molar refractivity (Wildman–Crippen MR) is 76.7 cm³/mol. The van der Waals surface area contributed by atoms with E-state index in [-0.39, 0.29) is 5.91 Å². The molecule has 0 saturated carbocycles. The second-order valence-electron chi connectivity index (χ2n) is 3.90. The van der Waals surface area contributed by atoms with E-state index in [2.05, 4.69) is 4.98 Å². The van der Waals surface area contributed by atoms with Gasteiger partial charge in [0.1, 0.15) is 0 Å². The van der Waals surface area contributed by atoms with Crippen molar-refractivity contribution in [3.8, 4) is 0 Å². The van der Waals surface area contributed by atoms with Gasteiger partial charge in [-0.1, -0.05) is 6.07 Å². The van der Waals surface area contributed by atoms with Crippen molar-refractivity contribution in [3.63, 3.8) is 0 Å². The number of thiazole rings is 1. The normalized spacial score (nSPS) is 11.0. The van der Waals surface area contributed by atoms with Gasteiger partial charge in [0.15, 0.2) is 0 Å². The van der Waals surface area contributed by atoms with E-state index in [1.165, 1.54) is 4.88 Å². The van der Waals surface area contributed by atoms with Gasteiger partial charge in [0, 0.05) is 23.4 Å². The lowest BCUT2D eigenvalue weighted by atomic mass is 10.3. The first-order valence-corrected chi connectivity index (χ1v) is 7.29. The van der Waals surface area contributed by atoms with Crippen LogP contribution in [0, 0.1) is 6.92 Å². The summed E-state index contributed by atoms with van der Waals surface area (Å²) in [4.78, 5) is 19.0. The topological polar surface area (TPSA) is 33.2 Å². The summed E-state index contributed by atoms with van der Waals surface area (Å²) in [5.41, 5.74) is 0.843. The molecule has 2 aromatic rings. The van der Waals surface area contributed by atoms with Gasteiger partial charge in [0.2, 0.25) is 5.91 Å². The van der Waals surface area contributed by atoms with Crippen molar-refractivity contribution in [2.24, 2.45) is 0 Å². The van der Waals surface area contributed by atoms with Gasteiger partial charge in [0.05, 0.1) is 17.2 Å². The third-order valence-electron chi connectivity index (χ3n) is 2.38. The Balaban J connectivity index is 1.93. The molecule has 0 bridgehead atoms. The highest BCUT2D eigenvalue weighted by Gasteiger charge is 2.06. The van der Waals surface area contributed by atoms with Gasteiger partial charge in [-0.3, -0.25) is 4.79 Å². The molecule has 0 saturated heterocycles. The molecule has 1 amide bonds. The summed E-state index contributed by atoms with van der Waals surface area (Å²) in [6.45, 7) is 2.60. The number of rotatable bonds is 4. The van der Waals surface area contributed by atoms with Gasteiger partial charge in [-0.2, -0.15) is 0 Å². The van der Waals surface area contributed by atoms with Crippen LogP contribution < -0.4 is 0 Å². The van der Waals surface area contributed by atoms with Crippen molar-refractivity contribution >= 4 is 34.7 Å². The molecular formula is C13H14N2OS2. The zero-order valence-corrected chi connectivity index (χ0v) is 11.9. The SMILES string of the molecule is Cc1nc(C=CC(=O)N(C)Cc2cccs2)cs1. The van der Waals surface area contributed by atoms with E-state index in [1.54, 1.807) is 46.8 Å². The van der Waals surface area contributed by atoms with Crippen LogP contribution in [-0.2, 0) is 11.3 Å². The van der Waals surface area contributed by atoms with Crippen LogP contribution in [0.1, 0.15) is 15.6 Å². The van der Waals surface area contributed by atoms with Crippen LogP contribution in [0.15, 0.2) is 29.0 Å². The third kappa shape index (κ3) is 3.51. The minimum absolute atomic E-state index is 0.00551. The van der Waals surface area contributed by atoms with Gasteiger partial charge in [-0.25, -0.2) is 4.98 Å². The zero-order valence-electron chi connectivity index (χ0n) is 10.3. The first-order valence-electron chi connectivity index (χ1n) is 5.53. The summed E-state index contributed by atoms with van der Waals surface area (Å²) in [5, 5.41) is 4.97. The zero-order chi connectivity index (χ0) is 13.0. The van der Waals surface area contributed by atoms with Crippen molar-refractivity contribution in [2.75, 3.05) is 7.05 Å². The maximum atomic E-state index is 11.9. The van der Waals surface area contributed by atoms with Crippen molar-refractivity contribution in [1.29, 1.82) is 0 Å². The quantitative estimate of drug-likeness (QED) is 0.805. The molecule has 3 nitrogen and oxygen atoms in total. The molecule has 2 rings (SSSR count). The summed E-state index contributed by atoms with van der Waals surface area (Å²) in [6.07, 6.45) is 3.33. The molecule has 0 aliphatic rings. The lowest BCUT2D eigenvalue weighted by molar-refractivity contribution is -0.125. The molecule has 5 heteroatoms. The average Bonchev–Trinajstić information content (AvgIpc) is 2.97. The summed E-state index contributed by atoms with van der Waals surface area (Å²) in [6, 6.07) is 4.02. The Hall–Kier alpha value is -1.46. The molecule has 0 fully saturated rings. The van der Waals surface area contributed by atoms with Crippen LogP contribution in [0.2, 0.25) is 0 Å². The minimum Gasteiger partial charge on any atom is -0.337 e. The molecule has 2 heterocycles. The molecule has 0 unspecified atom stereocenters. The van der Waals surface area contributed by atoms with Gasteiger partial charge < -0.3 is 4.90 Å². The predicted octanol–water partition coefficient (Wildman–Crippen LogP) is 3.18. The highest BCUT2D eigenvalue weighted by Crippen LogP contribution is 2.12. The fourth-order valence-corrected chi connectivity index (χ4v) is 2.79. The summed E-state index contributed by atoms with van der Waals surface area (Å²) >= 11 is 3.24. The molecule has 94 valence electrons. The van der Waals surface area contributed by atoms with Crippen molar-refractivity contribution < 1.29 is 4.79 Å². The number of amides is 1. The summed E-state index contributed by atoms with van der Waals surface area (Å²) in [5.74, 6) is -0.00551. The number of thiophene rings is 1. The third-order valence-corrected chi connectivity index (χ3v) is 4.04. The van der Waals surface area contributed by atoms with Crippen LogP contribution in [0.4, 0.5) is 0 Å². The molecule has 0 aliphatic heterocycles. The first-order chi connectivity index (χ1) is 8.65. The number of nitrogens with zero attached hydrogens (tertiary/aromatic N) is 2. The van der Waals surface area contributed by atoms with Crippen LogP contribution in [0.25, 0.3) is 6.08 Å². The number of hydrogen-bond acceptors (Lipinski definition) is 4. The van der Waals surface area contributed by atoms with E-state index < -0.39 is 0 Å². The van der Waals surface area contributed by atoms with Gasteiger partial charge in [-0.05, 0) is 24.4 Å². The highest BCUT2D eigenvalue weighted by atomic mass is 32.1. The first kappa shape index (κ1) is 13.0. The van der Waals surface area contributed by atoms with Crippen molar-refractivity contribution in [3.05, 3.63) is 44.5 Å². The number of likely N-dealkylation sites (N-methyl/N-ethyl adjacent to an activating group) is 1. The summed E-state index contributed by atoms with van der Waals surface area (Å²) in [7, 11) is 1.80. The molecular weight excluding hydrogens is 264 g/mol. The van der Waals surface area contributed by atoms with Crippen LogP contribution >= 0.6 is 22.7 Å². The molecule has 0 radical (unpaired) electrons. The summed E-state index contributed by atoms with van der Waals surface area (Å²) < 4.78 is 0. The van der Waals surface area contributed by atoms with E-state index in [4.69, 9.17) is 0 Å². The van der Waals surface area contributed by atoms with E-state index >= 15 is 0 Å². The fraction of sp³-hybridized carbons (Fsp3) is 0.231. The Morgan fingerprint density at radius 3 is 2.94 bits per heavy atom. The number of aromatic nitrogens is 1. The van der Waals surface area contributed by atoms with Gasteiger partial charge >= 0.3 is 0 Å². The van der Waals surface area contributed by atoms with E-state index in [9.17, 15) is 4.79 Å². The lowest BCUT2D eigenvalue weighted by Gasteiger charge is -2.13. The fourth-order valence-electron chi connectivity index (χ4n) is 1.45. The Kier molecular flexibility index (Phi) is 4.28. The number of hydrogen-bond donors (Lipinski definition) is 0. The lowest BCUT2D eigenvalue weighted by Crippen LogP contribution is -2.23. The van der Waals surface area contributed by atoms with Gasteiger partial charge in [0.25, 0.3) is 0 Å². The second-order valence-corrected chi connectivity index (χ2v) is 5.99. The van der Waals surface area contributed by atoms with Crippen LogP contribution in [0.5, 0.6) is 0 Å². The van der Waals surface area contributed by atoms with Crippen LogP contribution in [-0.4, -0.2) is 22.8 Å². The Morgan fingerprint density at radius 2 is 2.33 bits per heavy atom. The standard InChI is InChI=1S/C13H14N2OS2/c1-10-14-11(9-18-10)5-6-13(16)15(2)8-12-4-3-7-17-12/h3-7,9H,8H2,1-2H3. The second kappa shape index (κ2) is 5.93. The van der Waals surface area contributed by atoms with Crippen molar-refractivity contribution in [2.45, 2.75) is 13.5 Å². The molecule has 0 atom stereocenters. The smallest absolute Gasteiger partial charge is 0.246 e. The average molecular weight is 278 g/mol. The number of aryl methyl sites for hydroxylation is 1. The number of carbonyl (C=O) groups excluding carboxylic acids is 1.